The number of piperidine rings is 1. The summed E-state index contributed by atoms with van der Waals surface area (Å²) in [7, 11) is 0. The maximum atomic E-state index is 12.1. The van der Waals surface area contributed by atoms with Crippen LogP contribution in [-0.4, -0.2) is 25.0 Å². The molecule has 1 aliphatic carbocycles. The first kappa shape index (κ1) is 14.8. The number of carbonyl (C=O) groups excluding carboxylic acids is 1. The minimum absolute atomic E-state index is 0.282. The van der Waals surface area contributed by atoms with Crippen molar-refractivity contribution in [2.24, 2.45) is 17.8 Å². The first-order valence-corrected chi connectivity index (χ1v) is 8.15. The lowest BCUT2D eigenvalue weighted by Gasteiger charge is -2.33. The van der Waals surface area contributed by atoms with Gasteiger partial charge in [-0.2, -0.15) is 0 Å². The first-order chi connectivity index (χ1) is 9.15. The topological polar surface area (TPSA) is 41.1 Å². The fourth-order valence-electron chi connectivity index (χ4n) is 3.66. The number of amides is 1. The quantitative estimate of drug-likeness (QED) is 0.821. The molecule has 3 unspecified atom stereocenters. The van der Waals surface area contributed by atoms with Gasteiger partial charge < -0.3 is 10.6 Å². The van der Waals surface area contributed by atoms with E-state index in [1.807, 2.05) is 0 Å². The van der Waals surface area contributed by atoms with Crippen molar-refractivity contribution >= 4 is 5.91 Å². The van der Waals surface area contributed by atoms with Crippen molar-refractivity contribution in [1.82, 2.24) is 10.6 Å². The molecule has 2 fully saturated rings. The van der Waals surface area contributed by atoms with Crippen LogP contribution in [0.3, 0.4) is 0 Å². The zero-order valence-electron chi connectivity index (χ0n) is 12.6. The molecule has 2 aliphatic rings. The molecule has 110 valence electrons. The minimum atomic E-state index is 0.282. The zero-order chi connectivity index (χ0) is 13.7. The van der Waals surface area contributed by atoms with E-state index in [0.717, 1.165) is 37.8 Å². The second kappa shape index (κ2) is 7.28. The van der Waals surface area contributed by atoms with Gasteiger partial charge in [0, 0.05) is 12.5 Å². The van der Waals surface area contributed by atoms with Gasteiger partial charge in [-0.25, -0.2) is 0 Å². The van der Waals surface area contributed by atoms with Crippen LogP contribution in [0.4, 0.5) is 0 Å². The van der Waals surface area contributed by atoms with E-state index in [4.69, 9.17) is 0 Å². The molecule has 0 aromatic carbocycles. The molecule has 19 heavy (non-hydrogen) atoms. The number of hydrogen-bond acceptors (Lipinski definition) is 2. The second-order valence-electron chi connectivity index (χ2n) is 6.80. The van der Waals surface area contributed by atoms with E-state index in [9.17, 15) is 4.79 Å². The molecule has 0 bridgehead atoms. The number of hydrogen-bond donors (Lipinski definition) is 2. The van der Waals surface area contributed by atoms with E-state index in [1.165, 1.54) is 32.1 Å². The SMILES string of the molecule is CC1CCC(NC(=O)CCC2CCNCC2)C(C)C1. The van der Waals surface area contributed by atoms with Crippen LogP contribution in [0.5, 0.6) is 0 Å². The second-order valence-corrected chi connectivity index (χ2v) is 6.80. The standard InChI is InChI=1S/C16H30N2O/c1-12-3-5-15(13(2)11-12)18-16(19)6-4-14-7-9-17-10-8-14/h12-15,17H,3-11H2,1-2H3,(H,18,19). The summed E-state index contributed by atoms with van der Waals surface area (Å²) >= 11 is 0. The Morgan fingerprint density at radius 1 is 1.16 bits per heavy atom. The predicted octanol–water partition coefficient (Wildman–Crippen LogP) is 2.71. The Kier molecular flexibility index (Phi) is 5.68. The first-order valence-electron chi connectivity index (χ1n) is 8.15. The van der Waals surface area contributed by atoms with E-state index in [0.29, 0.717) is 12.0 Å². The van der Waals surface area contributed by atoms with Crippen molar-refractivity contribution in [1.29, 1.82) is 0 Å². The molecule has 0 aromatic rings. The fourth-order valence-corrected chi connectivity index (χ4v) is 3.66. The third kappa shape index (κ3) is 4.79. The molecule has 1 aliphatic heterocycles. The molecule has 3 heteroatoms. The number of nitrogens with one attached hydrogen (secondary N) is 2. The molecule has 1 heterocycles. The summed E-state index contributed by atoms with van der Waals surface area (Å²) in [5, 5.41) is 6.65. The van der Waals surface area contributed by atoms with Crippen molar-refractivity contribution in [2.75, 3.05) is 13.1 Å². The number of rotatable bonds is 4. The molecule has 1 saturated carbocycles. The third-order valence-electron chi connectivity index (χ3n) is 5.02. The molecule has 3 atom stereocenters. The molecular formula is C16H30N2O. The summed E-state index contributed by atoms with van der Waals surface area (Å²) in [6.07, 6.45) is 7.98. The van der Waals surface area contributed by atoms with Crippen LogP contribution in [0.2, 0.25) is 0 Å². The highest BCUT2D eigenvalue weighted by Crippen LogP contribution is 2.28. The van der Waals surface area contributed by atoms with Crippen molar-refractivity contribution in [3.8, 4) is 0 Å². The zero-order valence-corrected chi connectivity index (χ0v) is 12.6. The van der Waals surface area contributed by atoms with Gasteiger partial charge in [-0.1, -0.05) is 13.8 Å². The Morgan fingerprint density at radius 2 is 1.89 bits per heavy atom. The van der Waals surface area contributed by atoms with Crippen molar-refractivity contribution < 1.29 is 4.79 Å². The van der Waals surface area contributed by atoms with Gasteiger partial charge in [-0.15, -0.1) is 0 Å². The van der Waals surface area contributed by atoms with Gasteiger partial charge >= 0.3 is 0 Å². The molecule has 0 aromatic heterocycles. The Morgan fingerprint density at radius 3 is 2.58 bits per heavy atom. The van der Waals surface area contributed by atoms with Crippen LogP contribution >= 0.6 is 0 Å². The third-order valence-corrected chi connectivity index (χ3v) is 5.02. The van der Waals surface area contributed by atoms with E-state index >= 15 is 0 Å². The normalized spacial score (nSPS) is 33.1. The average molecular weight is 266 g/mol. The summed E-state index contributed by atoms with van der Waals surface area (Å²) in [5.41, 5.74) is 0. The molecule has 0 spiro atoms. The van der Waals surface area contributed by atoms with Gasteiger partial charge in [0.05, 0.1) is 0 Å². The van der Waals surface area contributed by atoms with Gasteiger partial charge in [-0.3, -0.25) is 4.79 Å². The van der Waals surface area contributed by atoms with Crippen LogP contribution in [0.25, 0.3) is 0 Å². The van der Waals surface area contributed by atoms with Gasteiger partial charge in [0.25, 0.3) is 0 Å². The van der Waals surface area contributed by atoms with Crippen LogP contribution < -0.4 is 10.6 Å². The average Bonchev–Trinajstić information content (AvgIpc) is 2.41. The van der Waals surface area contributed by atoms with Crippen molar-refractivity contribution in [3.05, 3.63) is 0 Å². The molecular weight excluding hydrogens is 236 g/mol. The number of carbonyl (C=O) groups is 1. The lowest BCUT2D eigenvalue weighted by Crippen LogP contribution is -2.42. The lowest BCUT2D eigenvalue weighted by molar-refractivity contribution is -0.122. The molecule has 0 radical (unpaired) electrons. The summed E-state index contributed by atoms with van der Waals surface area (Å²) < 4.78 is 0. The van der Waals surface area contributed by atoms with E-state index < -0.39 is 0 Å². The molecule has 2 rings (SSSR count). The summed E-state index contributed by atoms with van der Waals surface area (Å²) in [4.78, 5) is 12.1. The molecule has 1 saturated heterocycles. The van der Waals surface area contributed by atoms with Gasteiger partial charge in [0.15, 0.2) is 0 Å². The minimum Gasteiger partial charge on any atom is -0.353 e. The molecule has 1 amide bonds. The Labute approximate surface area is 117 Å². The summed E-state index contributed by atoms with van der Waals surface area (Å²) in [5.74, 6) is 2.52. The van der Waals surface area contributed by atoms with Gasteiger partial charge in [-0.05, 0) is 69.4 Å². The lowest BCUT2D eigenvalue weighted by atomic mass is 9.80. The van der Waals surface area contributed by atoms with Crippen LogP contribution in [0, 0.1) is 17.8 Å². The smallest absolute Gasteiger partial charge is 0.220 e. The molecule has 3 nitrogen and oxygen atoms in total. The van der Waals surface area contributed by atoms with Gasteiger partial charge in [0.1, 0.15) is 0 Å². The van der Waals surface area contributed by atoms with Crippen molar-refractivity contribution in [2.45, 2.75) is 64.8 Å². The van der Waals surface area contributed by atoms with Crippen LogP contribution in [-0.2, 0) is 4.79 Å². The Hall–Kier alpha value is -0.570. The predicted molar refractivity (Wildman–Crippen MR) is 78.9 cm³/mol. The van der Waals surface area contributed by atoms with Crippen molar-refractivity contribution in [3.63, 3.8) is 0 Å². The largest absolute Gasteiger partial charge is 0.353 e. The van der Waals surface area contributed by atoms with Crippen LogP contribution in [0.15, 0.2) is 0 Å². The highest BCUT2D eigenvalue weighted by Gasteiger charge is 2.26. The highest BCUT2D eigenvalue weighted by atomic mass is 16.1. The monoisotopic (exact) mass is 266 g/mol. The molecule has 2 N–H and O–H groups in total. The maximum Gasteiger partial charge on any atom is 0.220 e. The summed E-state index contributed by atoms with van der Waals surface area (Å²) in [6, 6.07) is 0.428. The van der Waals surface area contributed by atoms with E-state index in [-0.39, 0.29) is 5.91 Å². The van der Waals surface area contributed by atoms with Crippen LogP contribution in [0.1, 0.15) is 58.8 Å². The summed E-state index contributed by atoms with van der Waals surface area (Å²) in [6.45, 7) is 6.87. The maximum absolute atomic E-state index is 12.1. The fraction of sp³-hybridized carbons (Fsp3) is 0.938. The van der Waals surface area contributed by atoms with E-state index in [2.05, 4.69) is 24.5 Å². The Bertz CT molecular complexity index is 286. The van der Waals surface area contributed by atoms with Gasteiger partial charge in [0.2, 0.25) is 5.91 Å². The highest BCUT2D eigenvalue weighted by molar-refractivity contribution is 5.76. The van der Waals surface area contributed by atoms with E-state index in [1.54, 1.807) is 0 Å². The Balaban J connectivity index is 1.66.